The molecular weight excluding hydrogens is 302 g/mol. The highest BCUT2D eigenvalue weighted by atomic mass is 16.5. The normalized spacial score (nSPS) is 10.3. The Labute approximate surface area is 140 Å². The van der Waals surface area contributed by atoms with Gasteiger partial charge in [0, 0.05) is 11.4 Å². The highest BCUT2D eigenvalue weighted by Crippen LogP contribution is 2.22. The first-order valence-corrected chi connectivity index (χ1v) is 7.59. The molecule has 0 aliphatic rings. The maximum absolute atomic E-state index is 5.14. The second kappa shape index (κ2) is 6.95. The molecule has 0 fully saturated rings. The minimum absolute atomic E-state index is 0.426. The number of nitrogens with one attached hydrogen (secondary N) is 2. The predicted octanol–water partition coefficient (Wildman–Crippen LogP) is 3.98. The minimum Gasteiger partial charge on any atom is -0.497 e. The van der Waals surface area contributed by atoms with Crippen LogP contribution in [-0.4, -0.2) is 22.3 Å². The van der Waals surface area contributed by atoms with Gasteiger partial charge in [-0.1, -0.05) is 12.1 Å². The molecule has 0 saturated carbocycles. The maximum atomic E-state index is 5.14. The van der Waals surface area contributed by atoms with Crippen molar-refractivity contribution in [3.63, 3.8) is 0 Å². The topological polar surface area (TPSA) is 72.0 Å². The molecule has 2 aromatic carbocycles. The molecule has 0 bridgehead atoms. The van der Waals surface area contributed by atoms with Crippen LogP contribution in [0.4, 0.5) is 23.1 Å². The fourth-order valence-electron chi connectivity index (χ4n) is 2.23. The Hall–Kier alpha value is -3.15. The molecule has 6 nitrogen and oxygen atoms in total. The molecule has 0 atom stereocenters. The van der Waals surface area contributed by atoms with Gasteiger partial charge < -0.3 is 15.4 Å². The molecule has 0 unspecified atom stereocenters. The number of methoxy groups -OCH3 is 1. The highest BCUT2D eigenvalue weighted by Gasteiger charge is 2.04. The van der Waals surface area contributed by atoms with E-state index in [1.165, 1.54) is 5.56 Å². The second-order valence-electron chi connectivity index (χ2n) is 5.46. The number of rotatable bonds is 5. The van der Waals surface area contributed by atoms with Crippen molar-refractivity contribution in [3.05, 3.63) is 59.8 Å². The van der Waals surface area contributed by atoms with Crippen molar-refractivity contribution in [2.45, 2.75) is 13.8 Å². The van der Waals surface area contributed by atoms with E-state index >= 15 is 0 Å². The Bertz CT molecular complexity index is 833. The molecule has 0 aliphatic carbocycles. The fourth-order valence-corrected chi connectivity index (χ4v) is 2.23. The van der Waals surface area contributed by atoms with Gasteiger partial charge in [-0.2, -0.15) is 10.1 Å². The zero-order valence-corrected chi connectivity index (χ0v) is 13.9. The van der Waals surface area contributed by atoms with Crippen LogP contribution in [0.15, 0.2) is 48.7 Å². The fraction of sp³-hybridized carbons (Fsp3) is 0.167. The summed E-state index contributed by atoms with van der Waals surface area (Å²) >= 11 is 0. The van der Waals surface area contributed by atoms with Crippen molar-refractivity contribution >= 4 is 23.1 Å². The predicted molar refractivity (Wildman–Crippen MR) is 95.3 cm³/mol. The van der Waals surface area contributed by atoms with Gasteiger partial charge in [-0.3, -0.25) is 0 Å². The lowest BCUT2D eigenvalue weighted by molar-refractivity contribution is 0.415. The van der Waals surface area contributed by atoms with E-state index in [0.717, 1.165) is 22.7 Å². The maximum Gasteiger partial charge on any atom is 0.249 e. The van der Waals surface area contributed by atoms with Crippen molar-refractivity contribution in [1.29, 1.82) is 0 Å². The number of ether oxygens (including phenoxy) is 1. The molecule has 0 amide bonds. The molecule has 1 heterocycles. The lowest BCUT2D eigenvalue weighted by Gasteiger charge is -2.10. The summed E-state index contributed by atoms with van der Waals surface area (Å²) in [7, 11) is 1.64. The molecular formula is C18H19N5O. The van der Waals surface area contributed by atoms with Gasteiger partial charge in [0.15, 0.2) is 5.82 Å². The van der Waals surface area contributed by atoms with Crippen LogP contribution >= 0.6 is 0 Å². The van der Waals surface area contributed by atoms with Gasteiger partial charge in [0.05, 0.1) is 13.3 Å². The van der Waals surface area contributed by atoms with E-state index < -0.39 is 0 Å². The first kappa shape index (κ1) is 15.7. The van der Waals surface area contributed by atoms with Crippen LogP contribution in [0.2, 0.25) is 0 Å². The van der Waals surface area contributed by atoms with Crippen LogP contribution in [0.3, 0.4) is 0 Å². The van der Waals surface area contributed by atoms with Gasteiger partial charge in [-0.05, 0) is 55.3 Å². The molecule has 1 aromatic heterocycles. The quantitative estimate of drug-likeness (QED) is 0.740. The van der Waals surface area contributed by atoms with E-state index in [1.807, 2.05) is 31.2 Å². The van der Waals surface area contributed by atoms with Crippen molar-refractivity contribution in [3.8, 4) is 5.75 Å². The van der Waals surface area contributed by atoms with Gasteiger partial charge in [-0.15, -0.1) is 5.10 Å². The van der Waals surface area contributed by atoms with Gasteiger partial charge in [0.2, 0.25) is 5.95 Å². The van der Waals surface area contributed by atoms with E-state index in [-0.39, 0.29) is 0 Å². The number of benzene rings is 2. The van der Waals surface area contributed by atoms with Crippen LogP contribution in [0.1, 0.15) is 11.1 Å². The Balaban J connectivity index is 1.77. The minimum atomic E-state index is 0.426. The molecule has 0 aliphatic heterocycles. The zero-order valence-electron chi connectivity index (χ0n) is 13.9. The first-order valence-electron chi connectivity index (χ1n) is 7.59. The summed E-state index contributed by atoms with van der Waals surface area (Å²) in [6.07, 6.45) is 1.60. The third-order valence-electron chi connectivity index (χ3n) is 3.56. The van der Waals surface area contributed by atoms with Crippen LogP contribution in [0, 0.1) is 13.8 Å². The summed E-state index contributed by atoms with van der Waals surface area (Å²) in [5, 5.41) is 14.4. The largest absolute Gasteiger partial charge is 0.497 e. The number of anilines is 4. The van der Waals surface area contributed by atoms with Gasteiger partial charge in [0.1, 0.15) is 5.75 Å². The Morgan fingerprint density at radius 1 is 0.958 bits per heavy atom. The van der Waals surface area contributed by atoms with Crippen LogP contribution in [0.5, 0.6) is 5.75 Å². The van der Waals surface area contributed by atoms with Gasteiger partial charge >= 0.3 is 0 Å². The van der Waals surface area contributed by atoms with Crippen LogP contribution in [-0.2, 0) is 0 Å². The average Bonchev–Trinajstić information content (AvgIpc) is 2.59. The number of hydrogen-bond donors (Lipinski definition) is 2. The smallest absolute Gasteiger partial charge is 0.249 e. The summed E-state index contributed by atoms with van der Waals surface area (Å²) in [5.74, 6) is 1.86. The van der Waals surface area contributed by atoms with Gasteiger partial charge in [-0.25, -0.2) is 0 Å². The van der Waals surface area contributed by atoms with Crippen molar-refractivity contribution < 1.29 is 4.74 Å². The van der Waals surface area contributed by atoms with Crippen molar-refractivity contribution in [1.82, 2.24) is 15.2 Å². The van der Waals surface area contributed by atoms with Crippen LogP contribution < -0.4 is 15.4 Å². The van der Waals surface area contributed by atoms with E-state index in [4.69, 9.17) is 4.74 Å². The Kier molecular flexibility index (Phi) is 4.56. The number of aryl methyl sites for hydroxylation is 2. The third-order valence-corrected chi connectivity index (χ3v) is 3.56. The standard InChI is InChI=1S/C18H19N5O/c1-12-4-5-13(2)16(10-12)21-17-11-19-23-18(22-17)20-14-6-8-15(24-3)9-7-14/h4-11H,1-3H3,(H2,20,21,22,23). The molecule has 3 aromatic rings. The van der Waals surface area contributed by atoms with E-state index in [9.17, 15) is 0 Å². The molecule has 2 N–H and O–H groups in total. The third kappa shape index (κ3) is 3.78. The average molecular weight is 321 g/mol. The molecule has 6 heteroatoms. The summed E-state index contributed by atoms with van der Waals surface area (Å²) < 4.78 is 5.14. The molecule has 24 heavy (non-hydrogen) atoms. The second-order valence-corrected chi connectivity index (χ2v) is 5.46. The molecule has 0 spiro atoms. The highest BCUT2D eigenvalue weighted by molar-refractivity contribution is 5.62. The SMILES string of the molecule is COc1ccc(Nc2nncc(Nc3cc(C)ccc3C)n2)cc1. The number of aromatic nitrogens is 3. The van der Waals surface area contributed by atoms with Crippen LogP contribution in [0.25, 0.3) is 0 Å². The zero-order chi connectivity index (χ0) is 16.9. The van der Waals surface area contributed by atoms with Crippen molar-refractivity contribution in [2.75, 3.05) is 17.7 Å². The monoisotopic (exact) mass is 321 g/mol. The van der Waals surface area contributed by atoms with E-state index in [0.29, 0.717) is 11.8 Å². The van der Waals surface area contributed by atoms with Gasteiger partial charge in [0.25, 0.3) is 0 Å². The molecule has 0 radical (unpaired) electrons. The Morgan fingerprint density at radius 3 is 2.50 bits per heavy atom. The molecule has 0 saturated heterocycles. The molecule has 122 valence electrons. The number of nitrogens with zero attached hydrogens (tertiary/aromatic N) is 3. The number of hydrogen-bond acceptors (Lipinski definition) is 6. The lowest BCUT2D eigenvalue weighted by Crippen LogP contribution is -2.03. The summed E-state index contributed by atoms with van der Waals surface area (Å²) in [5.41, 5.74) is 4.19. The summed E-state index contributed by atoms with van der Waals surface area (Å²) in [6.45, 7) is 4.10. The summed E-state index contributed by atoms with van der Waals surface area (Å²) in [4.78, 5) is 4.45. The van der Waals surface area contributed by atoms with E-state index in [2.05, 4.69) is 50.9 Å². The molecule has 3 rings (SSSR count). The first-order chi connectivity index (χ1) is 11.6. The summed E-state index contributed by atoms with van der Waals surface area (Å²) in [6, 6.07) is 13.8. The lowest BCUT2D eigenvalue weighted by atomic mass is 10.1. The van der Waals surface area contributed by atoms with E-state index in [1.54, 1.807) is 13.3 Å². The Morgan fingerprint density at radius 2 is 1.75 bits per heavy atom. The van der Waals surface area contributed by atoms with Crippen molar-refractivity contribution in [2.24, 2.45) is 0 Å².